The zero-order valence-corrected chi connectivity index (χ0v) is 13.6. The second-order valence-corrected chi connectivity index (χ2v) is 7.26. The molecule has 0 unspecified atom stereocenters. The van der Waals surface area contributed by atoms with Gasteiger partial charge >= 0.3 is 5.97 Å². The van der Waals surface area contributed by atoms with Crippen LogP contribution < -0.4 is 5.32 Å². The highest BCUT2D eigenvalue weighted by Crippen LogP contribution is 2.41. The molecule has 4 heteroatoms. The fraction of sp³-hybridized carbons (Fsp3) is 0.632. The zero-order valence-electron chi connectivity index (χ0n) is 13.6. The second kappa shape index (κ2) is 7.00. The molecule has 2 fully saturated rings. The van der Waals surface area contributed by atoms with Gasteiger partial charge in [-0.3, -0.25) is 4.79 Å². The van der Waals surface area contributed by atoms with Gasteiger partial charge in [-0.1, -0.05) is 25.0 Å². The van der Waals surface area contributed by atoms with Gasteiger partial charge in [0.2, 0.25) is 0 Å². The van der Waals surface area contributed by atoms with Gasteiger partial charge in [0.25, 0.3) is 0 Å². The van der Waals surface area contributed by atoms with Crippen molar-refractivity contribution in [1.29, 1.82) is 0 Å². The fourth-order valence-corrected chi connectivity index (χ4v) is 4.31. The van der Waals surface area contributed by atoms with E-state index in [9.17, 15) is 9.18 Å². The number of carboxylic acid groups (broad SMARTS) is 1. The molecule has 0 radical (unpaired) electrons. The molecular weight excluding hydrogens is 293 g/mol. The Morgan fingerprint density at radius 3 is 2.30 bits per heavy atom. The van der Waals surface area contributed by atoms with E-state index in [1.54, 1.807) is 12.1 Å². The van der Waals surface area contributed by atoms with Crippen LogP contribution in [0.15, 0.2) is 24.3 Å². The second-order valence-electron chi connectivity index (χ2n) is 7.26. The molecule has 2 saturated carbocycles. The predicted molar refractivity (Wildman–Crippen MR) is 87.9 cm³/mol. The Morgan fingerprint density at radius 2 is 1.74 bits per heavy atom. The average Bonchev–Trinajstić information content (AvgIpc) is 3.04. The maximum absolute atomic E-state index is 13.2. The van der Waals surface area contributed by atoms with Gasteiger partial charge in [-0.05, 0) is 56.2 Å². The first-order valence-electron chi connectivity index (χ1n) is 8.81. The first-order chi connectivity index (χ1) is 11.1. The smallest absolute Gasteiger partial charge is 0.306 e. The van der Waals surface area contributed by atoms with Gasteiger partial charge in [0.1, 0.15) is 5.82 Å². The number of benzene rings is 1. The average molecular weight is 319 g/mol. The molecule has 2 aliphatic carbocycles. The number of carboxylic acids is 1. The maximum Gasteiger partial charge on any atom is 0.306 e. The normalized spacial score (nSPS) is 27.0. The molecule has 2 N–H and O–H groups in total. The van der Waals surface area contributed by atoms with E-state index in [2.05, 4.69) is 5.32 Å². The number of hydrogen-bond acceptors (Lipinski definition) is 2. The number of carbonyl (C=O) groups is 1. The van der Waals surface area contributed by atoms with E-state index in [0.717, 1.165) is 45.1 Å². The lowest BCUT2D eigenvalue weighted by atomic mass is 9.78. The topological polar surface area (TPSA) is 49.3 Å². The molecule has 0 bridgehead atoms. The Kier molecular flexibility index (Phi) is 5.00. The molecule has 3 nitrogen and oxygen atoms in total. The van der Waals surface area contributed by atoms with E-state index < -0.39 is 5.97 Å². The summed E-state index contributed by atoms with van der Waals surface area (Å²) in [6, 6.07) is 7.41. The van der Waals surface area contributed by atoms with Gasteiger partial charge in [-0.25, -0.2) is 4.39 Å². The Hall–Kier alpha value is -1.42. The Labute approximate surface area is 137 Å². The van der Waals surface area contributed by atoms with E-state index in [1.165, 1.54) is 18.4 Å². The van der Waals surface area contributed by atoms with Crippen molar-refractivity contribution >= 4 is 5.97 Å². The van der Waals surface area contributed by atoms with Crippen LogP contribution in [0.1, 0.15) is 56.9 Å². The zero-order chi connectivity index (χ0) is 16.3. The molecule has 126 valence electrons. The highest BCUT2D eigenvalue weighted by atomic mass is 19.1. The molecule has 0 saturated heterocycles. The molecule has 0 amide bonds. The Morgan fingerprint density at radius 1 is 1.13 bits per heavy atom. The van der Waals surface area contributed by atoms with Crippen LogP contribution in [-0.4, -0.2) is 23.7 Å². The molecule has 0 aliphatic heterocycles. The minimum Gasteiger partial charge on any atom is -0.481 e. The van der Waals surface area contributed by atoms with E-state index in [-0.39, 0.29) is 17.2 Å². The van der Waals surface area contributed by atoms with Gasteiger partial charge in [0, 0.05) is 18.0 Å². The fourth-order valence-electron chi connectivity index (χ4n) is 4.31. The van der Waals surface area contributed by atoms with Gasteiger partial charge in [0.05, 0.1) is 5.92 Å². The van der Waals surface area contributed by atoms with E-state index in [1.807, 2.05) is 12.1 Å². The van der Waals surface area contributed by atoms with Crippen LogP contribution in [0.3, 0.4) is 0 Å². The molecule has 3 rings (SSSR count). The number of rotatable bonds is 5. The van der Waals surface area contributed by atoms with Gasteiger partial charge in [-0.2, -0.15) is 0 Å². The van der Waals surface area contributed by atoms with Crippen LogP contribution in [0.5, 0.6) is 0 Å². The molecule has 2 aliphatic rings. The monoisotopic (exact) mass is 319 g/mol. The molecule has 1 aromatic carbocycles. The summed E-state index contributed by atoms with van der Waals surface area (Å²) in [7, 11) is 0. The predicted octanol–water partition coefficient (Wildman–Crippen LogP) is 3.87. The van der Waals surface area contributed by atoms with Crippen molar-refractivity contribution in [3.63, 3.8) is 0 Å². The van der Waals surface area contributed by atoms with Crippen LogP contribution in [0.2, 0.25) is 0 Å². The van der Waals surface area contributed by atoms with Crippen LogP contribution >= 0.6 is 0 Å². The van der Waals surface area contributed by atoms with Gasteiger partial charge in [-0.15, -0.1) is 0 Å². The summed E-state index contributed by atoms with van der Waals surface area (Å²) in [4.78, 5) is 11.0. The molecule has 23 heavy (non-hydrogen) atoms. The lowest BCUT2D eigenvalue weighted by molar-refractivity contribution is -0.142. The summed E-state index contributed by atoms with van der Waals surface area (Å²) < 4.78 is 13.2. The third-order valence-corrected chi connectivity index (χ3v) is 5.82. The van der Waals surface area contributed by atoms with Crippen molar-refractivity contribution in [1.82, 2.24) is 5.32 Å². The summed E-state index contributed by atoms with van der Waals surface area (Å²) in [5.74, 6) is -0.991. The number of halogens is 1. The maximum atomic E-state index is 13.2. The molecule has 1 aromatic rings. The Bertz CT molecular complexity index is 529. The number of nitrogens with one attached hydrogen (secondary N) is 1. The number of aliphatic carboxylic acids is 1. The summed E-state index contributed by atoms with van der Waals surface area (Å²) in [5.41, 5.74) is 1.36. The van der Waals surface area contributed by atoms with Crippen molar-refractivity contribution in [2.45, 2.75) is 62.8 Å². The lowest BCUT2D eigenvalue weighted by Crippen LogP contribution is -2.43. The van der Waals surface area contributed by atoms with E-state index in [0.29, 0.717) is 6.04 Å². The van der Waals surface area contributed by atoms with E-state index >= 15 is 0 Å². The highest BCUT2D eigenvalue weighted by Gasteiger charge is 2.36. The van der Waals surface area contributed by atoms with Gasteiger partial charge < -0.3 is 10.4 Å². The van der Waals surface area contributed by atoms with Crippen LogP contribution in [0.4, 0.5) is 4.39 Å². The molecule has 0 heterocycles. The largest absolute Gasteiger partial charge is 0.481 e. The first-order valence-corrected chi connectivity index (χ1v) is 8.81. The molecule has 0 spiro atoms. The lowest BCUT2D eigenvalue weighted by Gasteiger charge is -2.34. The summed E-state index contributed by atoms with van der Waals surface area (Å²) >= 11 is 0. The van der Waals surface area contributed by atoms with E-state index in [4.69, 9.17) is 5.11 Å². The quantitative estimate of drug-likeness (QED) is 0.866. The third kappa shape index (κ3) is 3.74. The van der Waals surface area contributed by atoms with Crippen molar-refractivity contribution in [2.75, 3.05) is 6.54 Å². The van der Waals surface area contributed by atoms with Gasteiger partial charge in [0.15, 0.2) is 0 Å². The summed E-state index contributed by atoms with van der Waals surface area (Å²) in [5, 5.41) is 12.8. The van der Waals surface area contributed by atoms with Crippen LogP contribution in [0, 0.1) is 11.7 Å². The van der Waals surface area contributed by atoms with Crippen molar-refractivity contribution in [2.24, 2.45) is 5.92 Å². The highest BCUT2D eigenvalue weighted by molar-refractivity contribution is 5.70. The molecule has 0 aromatic heterocycles. The minimum absolute atomic E-state index is 0.122. The Balaban J connectivity index is 1.60. The summed E-state index contributed by atoms with van der Waals surface area (Å²) in [6.45, 7) is 0.918. The molecule has 0 atom stereocenters. The van der Waals surface area contributed by atoms with Crippen molar-refractivity contribution in [3.8, 4) is 0 Å². The number of hydrogen-bond donors (Lipinski definition) is 2. The molecular formula is C19H26FNO2. The van der Waals surface area contributed by atoms with Crippen molar-refractivity contribution < 1.29 is 14.3 Å². The minimum atomic E-state index is -0.651. The van der Waals surface area contributed by atoms with Crippen molar-refractivity contribution in [3.05, 3.63) is 35.6 Å². The summed E-state index contributed by atoms with van der Waals surface area (Å²) in [6.07, 6.45) is 8.18. The first kappa shape index (κ1) is 16.4. The SMILES string of the molecule is O=C(O)C1CCC(NCC2(c3ccc(F)cc3)CCCC2)CC1. The van der Waals surface area contributed by atoms with Crippen LogP contribution in [-0.2, 0) is 10.2 Å². The standard InChI is InChI=1S/C19H26FNO2/c20-16-7-5-15(6-8-16)19(11-1-2-12-19)13-21-17-9-3-14(4-10-17)18(22)23/h5-8,14,17,21H,1-4,9-13H2,(H,22,23). The van der Waals surface area contributed by atoms with Crippen LogP contribution in [0.25, 0.3) is 0 Å². The third-order valence-electron chi connectivity index (χ3n) is 5.82.